The van der Waals surface area contributed by atoms with E-state index in [4.69, 9.17) is 4.99 Å². The molecule has 0 bridgehead atoms. The van der Waals surface area contributed by atoms with Crippen molar-refractivity contribution in [2.75, 3.05) is 13.1 Å². The van der Waals surface area contributed by atoms with Gasteiger partial charge in [0.2, 0.25) is 0 Å². The van der Waals surface area contributed by atoms with Crippen molar-refractivity contribution in [1.29, 1.82) is 0 Å². The second-order valence-corrected chi connectivity index (χ2v) is 7.84. The quantitative estimate of drug-likeness (QED) is 0.682. The molecule has 0 radical (unpaired) electrons. The van der Waals surface area contributed by atoms with E-state index in [2.05, 4.69) is 34.3 Å². The van der Waals surface area contributed by atoms with E-state index in [9.17, 15) is 0 Å². The van der Waals surface area contributed by atoms with Gasteiger partial charge in [-0.25, -0.2) is 4.99 Å². The fourth-order valence-corrected chi connectivity index (χ4v) is 4.06. The highest BCUT2D eigenvalue weighted by molar-refractivity contribution is 5.80. The van der Waals surface area contributed by atoms with Crippen molar-refractivity contribution in [3.05, 3.63) is 11.6 Å². The van der Waals surface area contributed by atoms with E-state index in [-0.39, 0.29) is 0 Å². The maximum Gasteiger partial charge on any atom is 0.194 e. The molecule has 2 atom stereocenters. The third-order valence-corrected chi connectivity index (χ3v) is 5.41. The number of likely N-dealkylation sites (tertiary alicyclic amines) is 1. The molecular formula is C18H32N6. The average molecular weight is 332 g/mol. The van der Waals surface area contributed by atoms with Crippen molar-refractivity contribution < 1.29 is 0 Å². The van der Waals surface area contributed by atoms with Crippen LogP contribution >= 0.6 is 0 Å². The Morgan fingerprint density at radius 3 is 2.42 bits per heavy atom. The Hall–Kier alpha value is -1.59. The largest absolute Gasteiger partial charge is 0.353 e. The Morgan fingerprint density at radius 1 is 1.17 bits per heavy atom. The van der Waals surface area contributed by atoms with Crippen LogP contribution in [-0.4, -0.2) is 44.8 Å². The van der Waals surface area contributed by atoms with Crippen LogP contribution in [0.1, 0.15) is 57.6 Å². The summed E-state index contributed by atoms with van der Waals surface area (Å²) in [6, 6.07) is 0.581. The van der Waals surface area contributed by atoms with Gasteiger partial charge in [-0.05, 0) is 38.0 Å². The molecule has 0 amide bonds. The first-order valence-electron chi connectivity index (χ1n) is 9.43. The number of nitrogens with zero attached hydrogens (tertiary/aromatic N) is 5. The van der Waals surface area contributed by atoms with Crippen LogP contribution in [0.3, 0.4) is 0 Å². The van der Waals surface area contributed by atoms with Gasteiger partial charge in [0.1, 0.15) is 12.4 Å². The summed E-state index contributed by atoms with van der Waals surface area (Å²) in [5.74, 6) is 4.38. The number of aromatic nitrogens is 3. The number of hydrogen-bond acceptors (Lipinski definition) is 3. The topological polar surface area (TPSA) is 58.3 Å². The number of hydrogen-bond donors (Lipinski definition) is 1. The zero-order valence-electron chi connectivity index (χ0n) is 15.6. The molecule has 2 heterocycles. The van der Waals surface area contributed by atoms with Gasteiger partial charge in [-0.15, -0.1) is 10.2 Å². The first-order valence-corrected chi connectivity index (χ1v) is 9.43. The number of nitrogens with one attached hydrogen (secondary N) is 1. The summed E-state index contributed by atoms with van der Waals surface area (Å²) in [7, 11) is 2.01. The third kappa shape index (κ3) is 4.08. The summed E-state index contributed by atoms with van der Waals surface area (Å²) in [6.07, 6.45) is 6.51. The molecule has 0 spiro atoms. The van der Waals surface area contributed by atoms with Crippen molar-refractivity contribution in [3.63, 3.8) is 0 Å². The highest BCUT2D eigenvalue weighted by Crippen LogP contribution is 2.23. The summed E-state index contributed by atoms with van der Waals surface area (Å²) in [5, 5.41) is 12.1. The monoisotopic (exact) mass is 332 g/mol. The standard InChI is InChI=1S/C18H32N6/c1-13-9-14(2)12-24(11-13)18(20-16-7-5-6-8-16)19-10-17-22-21-15(3)23(17)4/h13-14,16H,5-12H2,1-4H3,(H,19,20). The van der Waals surface area contributed by atoms with Crippen LogP contribution in [0.5, 0.6) is 0 Å². The Morgan fingerprint density at radius 2 is 1.83 bits per heavy atom. The van der Waals surface area contributed by atoms with Crippen molar-refractivity contribution in [1.82, 2.24) is 25.0 Å². The summed E-state index contributed by atoms with van der Waals surface area (Å²) < 4.78 is 2.03. The summed E-state index contributed by atoms with van der Waals surface area (Å²) >= 11 is 0. The maximum absolute atomic E-state index is 4.93. The van der Waals surface area contributed by atoms with Crippen LogP contribution in [0.25, 0.3) is 0 Å². The van der Waals surface area contributed by atoms with E-state index < -0.39 is 0 Å². The minimum atomic E-state index is 0.581. The minimum Gasteiger partial charge on any atom is -0.353 e. The van der Waals surface area contributed by atoms with Gasteiger partial charge in [-0.1, -0.05) is 26.7 Å². The Kier molecular flexibility index (Phi) is 5.41. The summed E-state index contributed by atoms with van der Waals surface area (Å²) in [5.41, 5.74) is 0. The van der Waals surface area contributed by atoms with E-state index in [0.29, 0.717) is 12.6 Å². The third-order valence-electron chi connectivity index (χ3n) is 5.41. The van der Waals surface area contributed by atoms with Crippen molar-refractivity contribution >= 4 is 5.96 Å². The van der Waals surface area contributed by atoms with E-state index in [1.807, 2.05) is 18.5 Å². The molecule has 1 saturated carbocycles. The van der Waals surface area contributed by atoms with Gasteiger partial charge < -0.3 is 14.8 Å². The van der Waals surface area contributed by atoms with Crippen LogP contribution in [0.2, 0.25) is 0 Å². The first-order chi connectivity index (χ1) is 11.5. The zero-order chi connectivity index (χ0) is 17.1. The van der Waals surface area contributed by atoms with Gasteiger partial charge in [0.15, 0.2) is 11.8 Å². The number of guanidine groups is 1. The second kappa shape index (κ2) is 7.53. The molecule has 1 N–H and O–H groups in total. The highest BCUT2D eigenvalue weighted by Gasteiger charge is 2.26. The van der Waals surface area contributed by atoms with Crippen LogP contribution < -0.4 is 5.32 Å². The second-order valence-electron chi connectivity index (χ2n) is 7.84. The smallest absolute Gasteiger partial charge is 0.194 e. The van der Waals surface area contributed by atoms with Gasteiger partial charge in [-0.3, -0.25) is 0 Å². The summed E-state index contributed by atoms with van der Waals surface area (Å²) in [6.45, 7) is 9.46. The molecule has 2 fully saturated rings. The van der Waals surface area contributed by atoms with E-state index >= 15 is 0 Å². The molecule has 6 nitrogen and oxygen atoms in total. The van der Waals surface area contributed by atoms with Gasteiger partial charge in [-0.2, -0.15) is 0 Å². The molecule has 1 aliphatic carbocycles. The van der Waals surface area contributed by atoms with E-state index in [1.54, 1.807) is 0 Å². The number of rotatable bonds is 3. The van der Waals surface area contributed by atoms with Crippen LogP contribution in [0.4, 0.5) is 0 Å². The number of aliphatic imine (C=N–C) groups is 1. The normalized spacial score (nSPS) is 26.2. The lowest BCUT2D eigenvalue weighted by molar-refractivity contribution is 0.206. The van der Waals surface area contributed by atoms with Crippen LogP contribution in [-0.2, 0) is 13.6 Å². The molecule has 1 saturated heterocycles. The van der Waals surface area contributed by atoms with Gasteiger partial charge in [0, 0.05) is 26.2 Å². The van der Waals surface area contributed by atoms with Crippen molar-refractivity contribution in [3.8, 4) is 0 Å². The lowest BCUT2D eigenvalue weighted by atomic mass is 9.92. The molecule has 134 valence electrons. The number of piperidine rings is 1. The molecule has 2 unspecified atom stereocenters. The average Bonchev–Trinajstić information content (AvgIpc) is 3.15. The minimum absolute atomic E-state index is 0.581. The number of aryl methyl sites for hydroxylation is 1. The molecular weight excluding hydrogens is 300 g/mol. The molecule has 3 rings (SSSR count). The molecule has 2 aliphatic rings. The zero-order valence-corrected chi connectivity index (χ0v) is 15.6. The van der Waals surface area contributed by atoms with Crippen LogP contribution in [0.15, 0.2) is 4.99 Å². The Bertz CT molecular complexity index is 562. The van der Waals surface area contributed by atoms with Gasteiger partial charge >= 0.3 is 0 Å². The molecule has 1 aromatic heterocycles. The maximum atomic E-state index is 4.93. The predicted molar refractivity (Wildman–Crippen MR) is 96.8 cm³/mol. The Balaban J connectivity index is 1.75. The molecule has 6 heteroatoms. The highest BCUT2D eigenvalue weighted by atomic mass is 15.3. The van der Waals surface area contributed by atoms with Gasteiger partial charge in [0.05, 0.1) is 0 Å². The fourth-order valence-electron chi connectivity index (χ4n) is 4.06. The van der Waals surface area contributed by atoms with Crippen LogP contribution in [0, 0.1) is 18.8 Å². The van der Waals surface area contributed by atoms with Crippen molar-refractivity contribution in [2.45, 2.75) is 65.5 Å². The van der Waals surface area contributed by atoms with E-state index in [0.717, 1.165) is 42.5 Å². The molecule has 1 aliphatic heterocycles. The van der Waals surface area contributed by atoms with Gasteiger partial charge in [0.25, 0.3) is 0 Å². The predicted octanol–water partition coefficient (Wildman–Crippen LogP) is 2.49. The summed E-state index contributed by atoms with van der Waals surface area (Å²) in [4.78, 5) is 7.39. The molecule has 24 heavy (non-hydrogen) atoms. The molecule has 1 aromatic rings. The Labute approximate surface area is 145 Å². The van der Waals surface area contributed by atoms with E-state index in [1.165, 1.54) is 32.1 Å². The first kappa shape index (κ1) is 17.2. The lowest BCUT2D eigenvalue weighted by Gasteiger charge is -2.38. The van der Waals surface area contributed by atoms with Crippen molar-refractivity contribution in [2.24, 2.45) is 23.9 Å². The fraction of sp³-hybridized carbons (Fsp3) is 0.833. The SMILES string of the molecule is Cc1nnc(CN=C(NC2CCCC2)N2CC(C)CC(C)C2)n1C. The molecule has 0 aromatic carbocycles. The lowest BCUT2D eigenvalue weighted by Crippen LogP contribution is -2.50.